The van der Waals surface area contributed by atoms with Gasteiger partial charge in [-0.3, -0.25) is 9.59 Å². The Balaban J connectivity index is 1.93. The van der Waals surface area contributed by atoms with Crippen LogP contribution in [0.25, 0.3) is 11.1 Å². The lowest BCUT2D eigenvalue weighted by molar-refractivity contribution is 0.866. The number of hydrogen-bond acceptors (Lipinski definition) is 4. The Morgan fingerprint density at radius 2 is 1.60 bits per heavy atom. The summed E-state index contributed by atoms with van der Waals surface area (Å²) in [5, 5.41) is 3.17. The second kappa shape index (κ2) is 6.93. The van der Waals surface area contributed by atoms with Gasteiger partial charge in [0.1, 0.15) is 5.69 Å². The summed E-state index contributed by atoms with van der Waals surface area (Å²) >= 11 is 0. The largest absolute Gasteiger partial charge is 0.372 e. The third-order valence-corrected chi connectivity index (χ3v) is 4.57. The van der Waals surface area contributed by atoms with Gasteiger partial charge >= 0.3 is 0 Å². The highest BCUT2D eigenvalue weighted by Gasteiger charge is 2.22. The van der Waals surface area contributed by atoms with Crippen molar-refractivity contribution in [1.82, 2.24) is 0 Å². The van der Waals surface area contributed by atoms with E-state index in [-0.39, 0.29) is 0 Å². The van der Waals surface area contributed by atoms with E-state index in [2.05, 4.69) is 30.1 Å². The van der Waals surface area contributed by atoms with E-state index in [1.165, 1.54) is 0 Å². The molecule has 4 nitrogen and oxygen atoms in total. The maximum absolute atomic E-state index is 12.1. The lowest BCUT2D eigenvalue weighted by Gasteiger charge is -2.22. The molecule has 0 atom stereocenters. The van der Waals surface area contributed by atoms with Crippen LogP contribution < -0.4 is 21.1 Å². The predicted molar refractivity (Wildman–Crippen MR) is 105 cm³/mol. The molecule has 0 saturated heterocycles. The maximum atomic E-state index is 12.1. The van der Waals surface area contributed by atoms with Crippen molar-refractivity contribution in [3.63, 3.8) is 0 Å². The van der Waals surface area contributed by atoms with E-state index in [9.17, 15) is 9.59 Å². The van der Waals surface area contributed by atoms with E-state index in [0.717, 1.165) is 35.6 Å². The zero-order valence-electron chi connectivity index (χ0n) is 14.8. The Kier molecular flexibility index (Phi) is 4.70. The summed E-state index contributed by atoms with van der Waals surface area (Å²) in [4.78, 5) is 26.3. The van der Waals surface area contributed by atoms with Crippen molar-refractivity contribution in [2.75, 3.05) is 23.3 Å². The van der Waals surface area contributed by atoms with Crippen LogP contribution in [0.4, 0.5) is 17.1 Å². The van der Waals surface area contributed by atoms with Crippen LogP contribution >= 0.6 is 0 Å². The van der Waals surface area contributed by atoms with E-state index in [4.69, 9.17) is 0 Å². The molecular weight excluding hydrogens is 312 g/mol. The Morgan fingerprint density at radius 3 is 2.20 bits per heavy atom. The number of nitrogens with zero attached hydrogens (tertiary/aromatic N) is 1. The molecule has 0 spiro atoms. The molecule has 0 bridgehead atoms. The second-order valence-electron chi connectivity index (χ2n) is 6.07. The molecule has 0 saturated carbocycles. The molecule has 3 rings (SSSR count). The van der Waals surface area contributed by atoms with E-state index in [0.29, 0.717) is 11.3 Å². The van der Waals surface area contributed by atoms with E-state index in [1.807, 2.05) is 49.4 Å². The fourth-order valence-corrected chi connectivity index (χ4v) is 3.10. The van der Waals surface area contributed by atoms with Gasteiger partial charge in [-0.1, -0.05) is 30.3 Å². The fourth-order valence-electron chi connectivity index (χ4n) is 3.10. The van der Waals surface area contributed by atoms with Crippen molar-refractivity contribution in [2.24, 2.45) is 0 Å². The zero-order valence-corrected chi connectivity index (χ0v) is 14.8. The molecular formula is C21H22N2O2. The van der Waals surface area contributed by atoms with Crippen LogP contribution in [0.5, 0.6) is 0 Å². The van der Waals surface area contributed by atoms with Crippen LogP contribution in [-0.4, -0.2) is 13.1 Å². The van der Waals surface area contributed by atoms with Gasteiger partial charge in [0.25, 0.3) is 5.43 Å². The van der Waals surface area contributed by atoms with Crippen LogP contribution in [0, 0.1) is 6.92 Å². The Morgan fingerprint density at radius 1 is 0.920 bits per heavy atom. The third kappa shape index (κ3) is 3.07. The van der Waals surface area contributed by atoms with Gasteiger partial charge in [-0.05, 0) is 50.1 Å². The average molecular weight is 334 g/mol. The van der Waals surface area contributed by atoms with Crippen LogP contribution in [0.3, 0.4) is 0 Å². The first kappa shape index (κ1) is 17.0. The Bertz CT molecular complexity index is 950. The van der Waals surface area contributed by atoms with Crippen LogP contribution in [-0.2, 0) is 0 Å². The van der Waals surface area contributed by atoms with Crippen LogP contribution in [0.2, 0.25) is 0 Å². The summed E-state index contributed by atoms with van der Waals surface area (Å²) in [7, 11) is 0. The molecule has 25 heavy (non-hydrogen) atoms. The number of anilines is 3. The van der Waals surface area contributed by atoms with Crippen LogP contribution in [0.15, 0.2) is 58.1 Å². The molecule has 1 N–H and O–H groups in total. The molecule has 0 amide bonds. The standard InChI is InChI=1S/C21H22N2O2/c1-4-23(5-2)16-11-12-17(14(3)13-16)22-19-18(20(24)21(19)25)15-9-7-6-8-10-15/h6-13,22H,4-5H2,1-3H3. The van der Waals surface area contributed by atoms with Crippen molar-refractivity contribution in [3.8, 4) is 11.1 Å². The molecule has 0 fully saturated rings. The summed E-state index contributed by atoms with van der Waals surface area (Å²) in [5.74, 6) is 0. The van der Waals surface area contributed by atoms with Gasteiger partial charge in [-0.25, -0.2) is 0 Å². The molecule has 0 aliphatic heterocycles. The minimum atomic E-state index is -0.453. The minimum Gasteiger partial charge on any atom is -0.372 e. The summed E-state index contributed by atoms with van der Waals surface area (Å²) in [6, 6.07) is 15.4. The van der Waals surface area contributed by atoms with Gasteiger partial charge in [0.05, 0.1) is 5.56 Å². The minimum absolute atomic E-state index is 0.384. The first-order valence-electron chi connectivity index (χ1n) is 8.58. The molecule has 3 aromatic rings. The van der Waals surface area contributed by atoms with Gasteiger partial charge in [-0.2, -0.15) is 0 Å². The lowest BCUT2D eigenvalue weighted by Crippen LogP contribution is -2.35. The summed E-state index contributed by atoms with van der Waals surface area (Å²) in [6.45, 7) is 8.14. The Hall–Kier alpha value is -2.88. The second-order valence-corrected chi connectivity index (χ2v) is 6.07. The molecule has 0 aromatic heterocycles. The van der Waals surface area contributed by atoms with Gasteiger partial charge in [0.2, 0.25) is 5.43 Å². The molecule has 0 radical (unpaired) electrons. The van der Waals surface area contributed by atoms with Gasteiger partial charge < -0.3 is 10.2 Å². The highest BCUT2D eigenvalue weighted by molar-refractivity contribution is 5.85. The van der Waals surface area contributed by atoms with Crippen molar-refractivity contribution in [3.05, 3.63) is 74.5 Å². The fraction of sp³-hybridized carbons (Fsp3) is 0.238. The van der Waals surface area contributed by atoms with Crippen molar-refractivity contribution in [1.29, 1.82) is 0 Å². The quantitative estimate of drug-likeness (QED) is 0.696. The van der Waals surface area contributed by atoms with Gasteiger partial charge in [-0.15, -0.1) is 0 Å². The molecule has 4 heteroatoms. The molecule has 0 heterocycles. The topological polar surface area (TPSA) is 49.4 Å². The number of rotatable bonds is 6. The summed E-state index contributed by atoms with van der Waals surface area (Å²) < 4.78 is 0. The highest BCUT2D eigenvalue weighted by Crippen LogP contribution is 2.29. The maximum Gasteiger partial charge on any atom is 0.250 e. The number of hydrogen-bond donors (Lipinski definition) is 1. The molecule has 128 valence electrons. The summed E-state index contributed by atoms with van der Waals surface area (Å²) in [5.41, 5.74) is 3.79. The molecule has 0 aliphatic carbocycles. The van der Waals surface area contributed by atoms with E-state index in [1.54, 1.807) is 0 Å². The van der Waals surface area contributed by atoms with Crippen LogP contribution in [0.1, 0.15) is 19.4 Å². The Labute approximate surface area is 147 Å². The van der Waals surface area contributed by atoms with Crippen molar-refractivity contribution in [2.45, 2.75) is 20.8 Å². The third-order valence-electron chi connectivity index (χ3n) is 4.57. The lowest BCUT2D eigenvalue weighted by atomic mass is 9.98. The number of benzene rings is 2. The summed E-state index contributed by atoms with van der Waals surface area (Å²) in [6.07, 6.45) is 0. The highest BCUT2D eigenvalue weighted by atomic mass is 16.2. The van der Waals surface area contributed by atoms with Gasteiger partial charge in [0, 0.05) is 24.5 Å². The van der Waals surface area contributed by atoms with Gasteiger partial charge in [0.15, 0.2) is 0 Å². The van der Waals surface area contributed by atoms with E-state index < -0.39 is 10.9 Å². The molecule has 0 aliphatic rings. The first-order valence-corrected chi connectivity index (χ1v) is 8.58. The normalized spacial score (nSPS) is 10.8. The van der Waals surface area contributed by atoms with Crippen molar-refractivity contribution >= 4 is 17.1 Å². The molecule has 3 aromatic carbocycles. The number of aryl methyl sites for hydroxylation is 1. The SMILES string of the molecule is CCN(CC)c1ccc(Nc2c(-c3ccccc3)c(=O)c2=O)c(C)c1. The molecule has 0 unspecified atom stereocenters. The van der Waals surface area contributed by atoms with Crippen molar-refractivity contribution < 1.29 is 0 Å². The monoisotopic (exact) mass is 334 g/mol. The smallest absolute Gasteiger partial charge is 0.250 e. The van der Waals surface area contributed by atoms with E-state index >= 15 is 0 Å². The number of nitrogens with one attached hydrogen (secondary N) is 1. The first-order chi connectivity index (χ1) is 12.1. The predicted octanol–water partition coefficient (Wildman–Crippen LogP) is 3.85. The average Bonchev–Trinajstić information content (AvgIpc) is 2.64. The zero-order chi connectivity index (χ0) is 18.0.